The van der Waals surface area contributed by atoms with Crippen molar-refractivity contribution in [3.63, 3.8) is 0 Å². The Balaban J connectivity index is 3.13. The molecule has 0 spiro atoms. The van der Waals surface area contributed by atoms with E-state index in [9.17, 15) is 4.39 Å². The largest absolute Gasteiger partial charge is 0.207 e. The summed E-state index contributed by atoms with van der Waals surface area (Å²) in [6, 6.07) is 6.04. The van der Waals surface area contributed by atoms with Crippen molar-refractivity contribution in [1.29, 1.82) is 0 Å². The molecule has 0 aliphatic rings. The van der Waals surface area contributed by atoms with E-state index in [-0.39, 0.29) is 5.82 Å². The molecule has 0 fully saturated rings. The zero-order chi connectivity index (χ0) is 8.27. The van der Waals surface area contributed by atoms with Gasteiger partial charge in [-0.25, -0.2) is 4.39 Å². The van der Waals surface area contributed by atoms with Crippen LogP contribution in [0.25, 0.3) is 0 Å². The maximum absolute atomic E-state index is 13.0. The van der Waals surface area contributed by atoms with Crippen molar-refractivity contribution in [3.8, 4) is 0 Å². The number of aryl methyl sites for hydroxylation is 1. The molecule has 0 aromatic heterocycles. The van der Waals surface area contributed by atoms with E-state index in [1.54, 1.807) is 0 Å². The average Bonchev–Trinajstić information content (AvgIpc) is 2.04. The Hall–Kier alpha value is -0.850. The predicted molar refractivity (Wildman–Crippen MR) is 44.0 cm³/mol. The van der Waals surface area contributed by atoms with Gasteiger partial charge in [0.05, 0.1) is 0 Å². The number of hydrogen-bond acceptors (Lipinski definition) is 0. The van der Waals surface area contributed by atoms with Crippen LogP contribution < -0.4 is 0 Å². The zero-order valence-electron chi connectivity index (χ0n) is 6.95. The first-order valence-corrected chi connectivity index (χ1v) is 3.97. The Morgan fingerprint density at radius 1 is 1.27 bits per heavy atom. The van der Waals surface area contributed by atoms with Crippen LogP contribution in [-0.4, -0.2) is 0 Å². The summed E-state index contributed by atoms with van der Waals surface area (Å²) in [5, 5.41) is 0. The molecule has 0 unspecified atom stereocenters. The van der Waals surface area contributed by atoms with Crippen LogP contribution in [0.15, 0.2) is 12.1 Å². The summed E-state index contributed by atoms with van der Waals surface area (Å²) in [4.78, 5) is 0. The van der Waals surface area contributed by atoms with Crippen LogP contribution >= 0.6 is 0 Å². The summed E-state index contributed by atoms with van der Waals surface area (Å²) < 4.78 is 13.0. The zero-order valence-corrected chi connectivity index (χ0v) is 6.95. The third-order valence-corrected chi connectivity index (χ3v) is 1.88. The van der Waals surface area contributed by atoms with Crippen molar-refractivity contribution < 1.29 is 4.39 Å². The first kappa shape index (κ1) is 8.25. The predicted octanol–water partition coefficient (Wildman–Crippen LogP) is 2.75. The van der Waals surface area contributed by atoms with Crippen LogP contribution in [0.1, 0.15) is 25.0 Å². The molecule has 59 valence electrons. The van der Waals surface area contributed by atoms with E-state index in [4.69, 9.17) is 0 Å². The SMILES string of the molecule is CCc1c[c]cc(F)c1CC. The first-order valence-electron chi connectivity index (χ1n) is 3.97. The van der Waals surface area contributed by atoms with Gasteiger partial charge in [-0.05, 0) is 36.1 Å². The van der Waals surface area contributed by atoms with Gasteiger partial charge in [-0.2, -0.15) is 0 Å². The quantitative estimate of drug-likeness (QED) is 0.609. The van der Waals surface area contributed by atoms with Crippen molar-refractivity contribution in [1.82, 2.24) is 0 Å². The molecule has 0 heterocycles. The Morgan fingerprint density at radius 3 is 2.45 bits per heavy atom. The summed E-state index contributed by atoms with van der Waals surface area (Å²) in [5.74, 6) is -0.119. The maximum atomic E-state index is 13.0. The summed E-state index contributed by atoms with van der Waals surface area (Å²) in [6.07, 6.45) is 1.65. The van der Waals surface area contributed by atoms with E-state index < -0.39 is 0 Å². The van der Waals surface area contributed by atoms with Crippen LogP contribution in [0.2, 0.25) is 0 Å². The van der Waals surface area contributed by atoms with E-state index in [1.807, 2.05) is 19.9 Å². The van der Waals surface area contributed by atoms with Gasteiger partial charge in [0.1, 0.15) is 5.82 Å². The monoisotopic (exact) mass is 151 g/mol. The third-order valence-electron chi connectivity index (χ3n) is 1.88. The highest BCUT2D eigenvalue weighted by molar-refractivity contribution is 5.27. The fourth-order valence-electron chi connectivity index (χ4n) is 1.25. The number of hydrogen-bond donors (Lipinski definition) is 0. The van der Waals surface area contributed by atoms with Crippen LogP contribution in [0, 0.1) is 11.9 Å². The lowest BCUT2D eigenvalue weighted by Crippen LogP contribution is -1.94. The summed E-state index contributed by atoms with van der Waals surface area (Å²) >= 11 is 0. The van der Waals surface area contributed by atoms with Gasteiger partial charge in [-0.1, -0.05) is 19.9 Å². The highest BCUT2D eigenvalue weighted by Crippen LogP contribution is 2.13. The van der Waals surface area contributed by atoms with E-state index in [1.165, 1.54) is 6.07 Å². The molecule has 0 nitrogen and oxygen atoms in total. The average molecular weight is 151 g/mol. The highest BCUT2D eigenvalue weighted by atomic mass is 19.1. The fraction of sp³-hybridized carbons (Fsp3) is 0.400. The summed E-state index contributed by atoms with van der Waals surface area (Å²) in [7, 11) is 0. The summed E-state index contributed by atoms with van der Waals surface area (Å²) in [5.41, 5.74) is 1.92. The van der Waals surface area contributed by atoms with Gasteiger partial charge in [0, 0.05) is 0 Å². The molecular weight excluding hydrogens is 139 g/mol. The number of halogens is 1. The fourth-order valence-corrected chi connectivity index (χ4v) is 1.25. The molecule has 0 saturated heterocycles. The Bertz CT molecular complexity index is 241. The smallest absolute Gasteiger partial charge is 0.127 e. The van der Waals surface area contributed by atoms with E-state index in [0.717, 1.165) is 24.0 Å². The first-order chi connectivity index (χ1) is 5.29. The lowest BCUT2D eigenvalue weighted by molar-refractivity contribution is 0.608. The minimum Gasteiger partial charge on any atom is -0.207 e. The lowest BCUT2D eigenvalue weighted by atomic mass is 10.0. The Kier molecular flexibility index (Phi) is 2.64. The molecule has 0 aliphatic carbocycles. The molecule has 1 aromatic carbocycles. The second-order valence-electron chi connectivity index (χ2n) is 2.51. The van der Waals surface area contributed by atoms with Crippen molar-refractivity contribution in [2.45, 2.75) is 26.7 Å². The van der Waals surface area contributed by atoms with Crippen molar-refractivity contribution in [2.24, 2.45) is 0 Å². The van der Waals surface area contributed by atoms with Crippen LogP contribution in [-0.2, 0) is 12.8 Å². The van der Waals surface area contributed by atoms with Crippen molar-refractivity contribution in [3.05, 3.63) is 35.1 Å². The van der Waals surface area contributed by atoms with E-state index in [0.29, 0.717) is 0 Å². The molecule has 1 rings (SSSR count). The topological polar surface area (TPSA) is 0 Å². The van der Waals surface area contributed by atoms with Crippen LogP contribution in [0.3, 0.4) is 0 Å². The molecule has 0 N–H and O–H groups in total. The van der Waals surface area contributed by atoms with Crippen LogP contribution in [0.4, 0.5) is 4.39 Å². The van der Waals surface area contributed by atoms with Crippen LogP contribution in [0.5, 0.6) is 0 Å². The van der Waals surface area contributed by atoms with Gasteiger partial charge < -0.3 is 0 Å². The van der Waals surface area contributed by atoms with Gasteiger partial charge >= 0.3 is 0 Å². The second-order valence-corrected chi connectivity index (χ2v) is 2.51. The minimum atomic E-state index is -0.119. The van der Waals surface area contributed by atoms with Crippen molar-refractivity contribution in [2.75, 3.05) is 0 Å². The molecule has 0 aliphatic heterocycles. The van der Waals surface area contributed by atoms with Gasteiger partial charge in [0.15, 0.2) is 0 Å². The second kappa shape index (κ2) is 3.51. The Morgan fingerprint density at radius 2 is 2.00 bits per heavy atom. The van der Waals surface area contributed by atoms with Gasteiger partial charge in [-0.3, -0.25) is 0 Å². The molecule has 0 atom stereocenters. The highest BCUT2D eigenvalue weighted by Gasteiger charge is 2.03. The van der Waals surface area contributed by atoms with Gasteiger partial charge in [-0.15, -0.1) is 0 Å². The standard InChI is InChI=1S/C10H12F/c1-3-8-6-5-7-10(11)9(8)4-2/h6-7H,3-4H2,1-2H3. The molecule has 0 amide bonds. The van der Waals surface area contributed by atoms with Crippen molar-refractivity contribution >= 4 is 0 Å². The molecule has 0 saturated carbocycles. The molecular formula is C10H12F. The Labute approximate surface area is 67.1 Å². The lowest BCUT2D eigenvalue weighted by Gasteiger charge is -2.04. The van der Waals surface area contributed by atoms with Gasteiger partial charge in [0.25, 0.3) is 0 Å². The molecule has 1 radical (unpaired) electrons. The minimum absolute atomic E-state index is 0.119. The summed E-state index contributed by atoms with van der Waals surface area (Å²) in [6.45, 7) is 4.00. The number of rotatable bonds is 2. The normalized spacial score (nSPS) is 10.1. The molecule has 1 heteroatoms. The third kappa shape index (κ3) is 1.59. The van der Waals surface area contributed by atoms with Gasteiger partial charge in [0.2, 0.25) is 0 Å². The van der Waals surface area contributed by atoms with E-state index >= 15 is 0 Å². The molecule has 1 aromatic rings. The maximum Gasteiger partial charge on any atom is 0.127 e. The molecule has 0 bridgehead atoms. The molecule has 11 heavy (non-hydrogen) atoms. The number of benzene rings is 1. The van der Waals surface area contributed by atoms with E-state index in [2.05, 4.69) is 6.07 Å².